The Morgan fingerprint density at radius 2 is 2.06 bits per heavy atom. The number of nitrogens with zero attached hydrogens (tertiary/aromatic N) is 4. The monoisotopic (exact) mass is 497 g/mol. The maximum atomic E-state index is 9.61. The van der Waals surface area contributed by atoms with Crippen LogP contribution in [0.1, 0.15) is 37.1 Å². The van der Waals surface area contributed by atoms with E-state index in [9.17, 15) is 5.11 Å². The molecule has 4 aromatic rings. The summed E-state index contributed by atoms with van der Waals surface area (Å²) in [5.74, 6) is 1.55. The molecule has 3 aromatic heterocycles. The molecule has 4 heterocycles. The molecular formula is C25H25Cl2N5O2. The Morgan fingerprint density at radius 1 is 1.21 bits per heavy atom. The minimum Gasteiger partial charge on any atom is -0.486 e. The number of pyridine rings is 2. The van der Waals surface area contributed by atoms with Crippen LogP contribution in [0.2, 0.25) is 10.0 Å². The van der Waals surface area contributed by atoms with Crippen LogP contribution in [0.3, 0.4) is 0 Å². The molecule has 0 aliphatic carbocycles. The van der Waals surface area contributed by atoms with Gasteiger partial charge in [0.2, 0.25) is 0 Å². The first kappa shape index (κ1) is 22.9. The van der Waals surface area contributed by atoms with Crippen LogP contribution in [0.15, 0.2) is 42.7 Å². The summed E-state index contributed by atoms with van der Waals surface area (Å²) in [7, 11) is 0. The van der Waals surface area contributed by atoms with E-state index in [1.807, 2.05) is 50.4 Å². The van der Waals surface area contributed by atoms with E-state index in [2.05, 4.69) is 25.1 Å². The number of hydrogen-bond acceptors (Lipinski definition) is 6. The average molecular weight is 498 g/mol. The van der Waals surface area contributed by atoms with Crippen LogP contribution in [0.25, 0.3) is 22.2 Å². The molecule has 7 nitrogen and oxygen atoms in total. The summed E-state index contributed by atoms with van der Waals surface area (Å²) < 4.78 is 6.21. The number of fused-ring (bicyclic) bond motifs is 1. The normalized spacial score (nSPS) is 16.9. The Kier molecular flexibility index (Phi) is 6.34. The van der Waals surface area contributed by atoms with Gasteiger partial charge in [-0.15, -0.1) is 0 Å². The molecule has 5 rings (SSSR count). The zero-order valence-corrected chi connectivity index (χ0v) is 20.4. The van der Waals surface area contributed by atoms with Crippen molar-refractivity contribution in [2.75, 3.05) is 18.1 Å². The molecule has 1 aromatic carbocycles. The maximum Gasteiger partial charge on any atom is 0.128 e. The van der Waals surface area contributed by atoms with Gasteiger partial charge in [-0.25, -0.2) is 4.98 Å². The van der Waals surface area contributed by atoms with Crippen LogP contribution in [-0.4, -0.2) is 44.5 Å². The average Bonchev–Trinajstić information content (AvgIpc) is 3.48. The molecule has 176 valence electrons. The molecule has 0 amide bonds. The van der Waals surface area contributed by atoms with Crippen molar-refractivity contribution in [3.05, 3.63) is 64.0 Å². The number of aryl methyl sites for hydroxylation is 1. The highest BCUT2D eigenvalue weighted by atomic mass is 35.5. The van der Waals surface area contributed by atoms with Gasteiger partial charge in [0.15, 0.2) is 0 Å². The SMILES string of the molecule is Cc1ncc(Cl)c([C@@H](C)Oc2ccc3[nH]nc(-c4ccc(N5CCC[C@@H]5CO)nc4)c3c2)c1Cl. The minimum atomic E-state index is -0.365. The molecule has 1 saturated heterocycles. The second-order valence-electron chi connectivity index (χ2n) is 8.54. The number of rotatable bonds is 6. The smallest absolute Gasteiger partial charge is 0.128 e. The van der Waals surface area contributed by atoms with Gasteiger partial charge in [-0.3, -0.25) is 10.1 Å². The number of H-pyrrole nitrogens is 1. The van der Waals surface area contributed by atoms with Crippen molar-refractivity contribution >= 4 is 39.9 Å². The van der Waals surface area contributed by atoms with Crippen LogP contribution in [0.4, 0.5) is 5.82 Å². The van der Waals surface area contributed by atoms with E-state index >= 15 is 0 Å². The first-order valence-corrected chi connectivity index (χ1v) is 12.0. The van der Waals surface area contributed by atoms with Crippen molar-refractivity contribution in [1.82, 2.24) is 20.2 Å². The van der Waals surface area contributed by atoms with Gasteiger partial charge in [0, 0.05) is 35.5 Å². The second kappa shape index (κ2) is 9.41. The largest absolute Gasteiger partial charge is 0.486 e. The molecule has 0 spiro atoms. The van der Waals surface area contributed by atoms with Crippen LogP contribution >= 0.6 is 23.2 Å². The van der Waals surface area contributed by atoms with Crippen LogP contribution in [0.5, 0.6) is 5.75 Å². The van der Waals surface area contributed by atoms with E-state index in [1.54, 1.807) is 6.20 Å². The van der Waals surface area contributed by atoms with Gasteiger partial charge in [-0.2, -0.15) is 5.10 Å². The van der Waals surface area contributed by atoms with E-state index in [0.29, 0.717) is 27.1 Å². The number of halogens is 2. The zero-order valence-electron chi connectivity index (χ0n) is 18.9. The predicted octanol–water partition coefficient (Wildman–Crippen LogP) is 5.74. The molecule has 1 fully saturated rings. The van der Waals surface area contributed by atoms with E-state index in [0.717, 1.165) is 47.4 Å². The lowest BCUT2D eigenvalue weighted by Crippen LogP contribution is -2.32. The summed E-state index contributed by atoms with van der Waals surface area (Å²) in [6.45, 7) is 4.80. The molecule has 1 aliphatic rings. The topological polar surface area (TPSA) is 87.2 Å². The zero-order chi connectivity index (χ0) is 23.8. The molecular weight excluding hydrogens is 473 g/mol. The summed E-state index contributed by atoms with van der Waals surface area (Å²) in [6.07, 6.45) is 5.11. The predicted molar refractivity (Wildman–Crippen MR) is 135 cm³/mol. The van der Waals surface area contributed by atoms with Gasteiger partial charge in [0.1, 0.15) is 23.4 Å². The van der Waals surface area contributed by atoms with Crippen molar-refractivity contribution < 1.29 is 9.84 Å². The number of ether oxygens (including phenoxy) is 1. The standard InChI is InChI=1S/C25H25Cl2N5O2/c1-14-24(27)23(20(26)12-28-14)15(2)34-18-6-7-21-19(10-18)25(31-30-21)16-5-8-22(29-11-16)32-9-3-4-17(32)13-33/h5-8,10-12,15,17,33H,3-4,9,13H2,1-2H3,(H,30,31)/t15-,17-/m1/s1. The fraction of sp³-hybridized carbons (Fsp3) is 0.320. The number of aliphatic hydroxyl groups excluding tert-OH is 1. The van der Waals surface area contributed by atoms with Gasteiger partial charge in [-0.1, -0.05) is 23.2 Å². The van der Waals surface area contributed by atoms with Crippen molar-refractivity contribution in [2.24, 2.45) is 0 Å². The van der Waals surface area contributed by atoms with Crippen molar-refractivity contribution in [3.63, 3.8) is 0 Å². The quantitative estimate of drug-likeness (QED) is 0.353. The third-order valence-corrected chi connectivity index (χ3v) is 7.12. The first-order valence-electron chi connectivity index (χ1n) is 11.3. The molecule has 0 unspecified atom stereocenters. The van der Waals surface area contributed by atoms with Crippen molar-refractivity contribution in [1.29, 1.82) is 0 Å². The number of nitrogens with one attached hydrogen (secondary N) is 1. The Balaban J connectivity index is 1.42. The van der Waals surface area contributed by atoms with Gasteiger partial charge in [0.25, 0.3) is 0 Å². The number of hydrogen-bond donors (Lipinski definition) is 2. The minimum absolute atomic E-state index is 0.137. The van der Waals surface area contributed by atoms with E-state index in [4.69, 9.17) is 27.9 Å². The lowest BCUT2D eigenvalue weighted by Gasteiger charge is -2.24. The highest BCUT2D eigenvalue weighted by Gasteiger charge is 2.25. The molecule has 1 aliphatic heterocycles. The molecule has 0 radical (unpaired) electrons. The Morgan fingerprint density at radius 3 is 2.82 bits per heavy atom. The molecule has 2 N–H and O–H groups in total. The van der Waals surface area contributed by atoms with Crippen molar-refractivity contribution in [3.8, 4) is 17.0 Å². The molecule has 0 saturated carbocycles. The third-order valence-electron chi connectivity index (χ3n) is 6.34. The number of anilines is 1. The molecule has 0 bridgehead atoms. The number of aromatic amines is 1. The Bertz CT molecular complexity index is 1330. The van der Waals surface area contributed by atoms with Gasteiger partial charge in [0.05, 0.1) is 33.9 Å². The highest BCUT2D eigenvalue weighted by molar-refractivity contribution is 6.36. The van der Waals surface area contributed by atoms with Crippen LogP contribution in [-0.2, 0) is 0 Å². The number of benzene rings is 1. The summed E-state index contributed by atoms with van der Waals surface area (Å²) in [5, 5.41) is 19.1. The maximum absolute atomic E-state index is 9.61. The van der Waals surface area contributed by atoms with Gasteiger partial charge in [-0.05, 0) is 57.0 Å². The number of aromatic nitrogens is 4. The highest BCUT2D eigenvalue weighted by Crippen LogP contribution is 2.36. The second-order valence-corrected chi connectivity index (χ2v) is 9.32. The fourth-order valence-electron chi connectivity index (χ4n) is 4.52. The van der Waals surface area contributed by atoms with Gasteiger partial charge < -0.3 is 14.7 Å². The van der Waals surface area contributed by atoms with E-state index in [1.165, 1.54) is 0 Å². The number of aliphatic hydroxyl groups is 1. The first-order chi connectivity index (χ1) is 16.5. The van der Waals surface area contributed by atoms with E-state index in [-0.39, 0.29) is 18.8 Å². The van der Waals surface area contributed by atoms with Crippen LogP contribution < -0.4 is 9.64 Å². The van der Waals surface area contributed by atoms with Crippen molar-refractivity contribution in [2.45, 2.75) is 38.8 Å². The fourth-order valence-corrected chi connectivity index (χ4v) is 5.17. The Hall–Kier alpha value is -2.87. The summed E-state index contributed by atoms with van der Waals surface area (Å²) in [4.78, 5) is 11.0. The van der Waals surface area contributed by atoms with E-state index < -0.39 is 0 Å². The van der Waals surface area contributed by atoms with Crippen LogP contribution in [0, 0.1) is 6.92 Å². The van der Waals surface area contributed by atoms with Gasteiger partial charge >= 0.3 is 0 Å². The Labute approximate surface area is 207 Å². The molecule has 34 heavy (non-hydrogen) atoms. The summed E-state index contributed by atoms with van der Waals surface area (Å²) in [6, 6.07) is 9.92. The third kappa shape index (κ3) is 4.19. The lowest BCUT2D eigenvalue weighted by atomic mass is 10.1. The summed E-state index contributed by atoms with van der Waals surface area (Å²) >= 11 is 12.8. The molecule has 2 atom stereocenters. The summed E-state index contributed by atoms with van der Waals surface area (Å²) in [5.41, 5.74) is 4.01. The molecule has 9 heteroatoms. The lowest BCUT2D eigenvalue weighted by molar-refractivity contribution is 0.227.